The van der Waals surface area contributed by atoms with Crippen molar-refractivity contribution < 1.29 is 9.32 Å². The fourth-order valence-corrected chi connectivity index (χ4v) is 1.72. The molecule has 4 heteroatoms. The van der Waals surface area contributed by atoms with Gasteiger partial charge in [0.2, 0.25) is 5.89 Å². The molecule has 0 spiro atoms. The van der Waals surface area contributed by atoms with Gasteiger partial charge in [0.05, 0.1) is 6.42 Å². The summed E-state index contributed by atoms with van der Waals surface area (Å²) in [5.41, 5.74) is 1.97. The van der Waals surface area contributed by atoms with Gasteiger partial charge in [0.1, 0.15) is 5.78 Å². The first-order valence-electron chi connectivity index (χ1n) is 6.75. The van der Waals surface area contributed by atoms with Crippen LogP contribution in [0, 0.1) is 12.3 Å². The lowest BCUT2D eigenvalue weighted by Gasteiger charge is -2.14. The van der Waals surface area contributed by atoms with Crippen molar-refractivity contribution in [2.75, 3.05) is 0 Å². The van der Waals surface area contributed by atoms with Gasteiger partial charge in [-0.25, -0.2) is 0 Å². The van der Waals surface area contributed by atoms with Gasteiger partial charge in [-0.3, -0.25) is 4.79 Å². The quantitative estimate of drug-likeness (QED) is 0.858. The number of carbonyl (C=O) groups excluding carboxylic acids is 1. The number of aryl methyl sites for hydroxylation is 1. The van der Waals surface area contributed by atoms with Crippen molar-refractivity contribution in [1.29, 1.82) is 0 Å². The lowest BCUT2D eigenvalue weighted by Crippen LogP contribution is -2.22. The lowest BCUT2D eigenvalue weighted by molar-refractivity contribution is -0.125. The van der Waals surface area contributed by atoms with Crippen LogP contribution in [-0.4, -0.2) is 15.9 Å². The van der Waals surface area contributed by atoms with Crippen LogP contribution in [0.25, 0.3) is 0 Å². The van der Waals surface area contributed by atoms with Crippen LogP contribution in [0.15, 0.2) is 28.8 Å². The predicted molar refractivity (Wildman–Crippen MR) is 76.4 cm³/mol. The third kappa shape index (κ3) is 3.76. The summed E-state index contributed by atoms with van der Waals surface area (Å²) in [4.78, 5) is 16.2. The summed E-state index contributed by atoms with van der Waals surface area (Å²) < 4.78 is 5.14. The molecule has 20 heavy (non-hydrogen) atoms. The number of benzene rings is 1. The van der Waals surface area contributed by atoms with E-state index in [1.165, 1.54) is 5.56 Å². The maximum Gasteiger partial charge on any atom is 0.234 e. The molecule has 0 saturated carbocycles. The molecule has 0 bridgehead atoms. The fourth-order valence-electron chi connectivity index (χ4n) is 1.72. The molecule has 0 fully saturated rings. The zero-order valence-corrected chi connectivity index (χ0v) is 12.4. The molecule has 0 atom stereocenters. The zero-order valence-electron chi connectivity index (χ0n) is 12.4. The molecular formula is C16H20N2O2. The van der Waals surface area contributed by atoms with Gasteiger partial charge in [0.15, 0.2) is 5.82 Å². The van der Waals surface area contributed by atoms with Crippen LogP contribution in [0.2, 0.25) is 0 Å². The third-order valence-electron chi connectivity index (χ3n) is 3.14. The Morgan fingerprint density at radius 2 is 1.85 bits per heavy atom. The van der Waals surface area contributed by atoms with E-state index < -0.39 is 0 Å². The van der Waals surface area contributed by atoms with Gasteiger partial charge in [-0.2, -0.15) is 4.98 Å². The van der Waals surface area contributed by atoms with E-state index in [9.17, 15) is 4.79 Å². The Kier molecular flexibility index (Phi) is 4.02. The Morgan fingerprint density at radius 3 is 2.45 bits per heavy atom. The SMILES string of the molecule is Cc1ccc(Cc2noc(CC(=O)C(C)(C)C)n2)cc1. The first-order valence-corrected chi connectivity index (χ1v) is 6.75. The fraction of sp³-hybridized carbons (Fsp3) is 0.438. The Morgan fingerprint density at radius 1 is 1.20 bits per heavy atom. The summed E-state index contributed by atoms with van der Waals surface area (Å²) in [6.45, 7) is 7.71. The minimum absolute atomic E-state index is 0.100. The normalized spacial score (nSPS) is 11.6. The smallest absolute Gasteiger partial charge is 0.234 e. The van der Waals surface area contributed by atoms with E-state index >= 15 is 0 Å². The Labute approximate surface area is 119 Å². The second-order valence-electron chi connectivity index (χ2n) is 6.12. The molecule has 0 amide bonds. The number of hydrogen-bond donors (Lipinski definition) is 0. The predicted octanol–water partition coefficient (Wildman–Crippen LogP) is 3.13. The molecule has 1 heterocycles. The van der Waals surface area contributed by atoms with Crippen molar-refractivity contribution >= 4 is 5.78 Å². The van der Waals surface area contributed by atoms with E-state index in [0.29, 0.717) is 18.1 Å². The first kappa shape index (κ1) is 14.4. The van der Waals surface area contributed by atoms with Crippen LogP contribution in [-0.2, 0) is 17.6 Å². The Hall–Kier alpha value is -1.97. The topological polar surface area (TPSA) is 56.0 Å². The number of aromatic nitrogens is 2. The molecule has 0 radical (unpaired) electrons. The number of hydrogen-bond acceptors (Lipinski definition) is 4. The maximum atomic E-state index is 11.9. The molecule has 0 N–H and O–H groups in total. The number of rotatable bonds is 4. The van der Waals surface area contributed by atoms with Crippen molar-refractivity contribution in [3.63, 3.8) is 0 Å². The minimum Gasteiger partial charge on any atom is -0.339 e. The maximum absolute atomic E-state index is 11.9. The second kappa shape index (κ2) is 5.57. The highest BCUT2D eigenvalue weighted by Crippen LogP contribution is 2.17. The van der Waals surface area contributed by atoms with E-state index in [4.69, 9.17) is 4.52 Å². The number of carbonyl (C=O) groups is 1. The van der Waals surface area contributed by atoms with Gasteiger partial charge in [0.25, 0.3) is 0 Å². The standard InChI is InChI=1S/C16H20N2O2/c1-11-5-7-12(8-6-11)9-14-17-15(20-18-14)10-13(19)16(2,3)4/h5-8H,9-10H2,1-4H3. The molecule has 106 valence electrons. The molecule has 0 unspecified atom stereocenters. The molecule has 0 saturated heterocycles. The zero-order chi connectivity index (χ0) is 14.8. The average molecular weight is 272 g/mol. The first-order chi connectivity index (χ1) is 9.34. The summed E-state index contributed by atoms with van der Waals surface area (Å²) in [7, 11) is 0. The van der Waals surface area contributed by atoms with Crippen molar-refractivity contribution in [2.24, 2.45) is 5.41 Å². The molecule has 0 aliphatic carbocycles. The minimum atomic E-state index is -0.383. The summed E-state index contributed by atoms with van der Waals surface area (Å²) >= 11 is 0. The summed E-state index contributed by atoms with van der Waals surface area (Å²) in [6.07, 6.45) is 0.817. The highest BCUT2D eigenvalue weighted by Gasteiger charge is 2.23. The van der Waals surface area contributed by atoms with Crippen molar-refractivity contribution in [3.8, 4) is 0 Å². The van der Waals surface area contributed by atoms with Crippen LogP contribution >= 0.6 is 0 Å². The monoisotopic (exact) mass is 272 g/mol. The molecule has 1 aromatic heterocycles. The van der Waals surface area contributed by atoms with Gasteiger partial charge in [-0.05, 0) is 12.5 Å². The van der Waals surface area contributed by atoms with E-state index in [0.717, 1.165) is 5.56 Å². The second-order valence-corrected chi connectivity index (χ2v) is 6.12. The van der Waals surface area contributed by atoms with E-state index in [1.807, 2.05) is 39.8 Å². The van der Waals surface area contributed by atoms with E-state index in [2.05, 4.69) is 22.3 Å². The van der Waals surface area contributed by atoms with Gasteiger partial charge in [-0.15, -0.1) is 0 Å². The van der Waals surface area contributed by atoms with E-state index in [-0.39, 0.29) is 17.6 Å². The number of Topliss-reactive ketones (excluding diaryl/α,β-unsaturated/α-hetero) is 1. The number of ketones is 1. The molecule has 4 nitrogen and oxygen atoms in total. The summed E-state index contributed by atoms with van der Waals surface area (Å²) in [5.74, 6) is 1.11. The largest absolute Gasteiger partial charge is 0.339 e. The highest BCUT2D eigenvalue weighted by atomic mass is 16.5. The Balaban J connectivity index is 2.02. The van der Waals surface area contributed by atoms with E-state index in [1.54, 1.807) is 0 Å². The Bertz CT molecular complexity index is 592. The number of nitrogens with zero attached hydrogens (tertiary/aromatic N) is 2. The molecule has 2 aromatic rings. The average Bonchev–Trinajstić information content (AvgIpc) is 2.78. The summed E-state index contributed by atoms with van der Waals surface area (Å²) in [5, 5.41) is 3.93. The van der Waals surface area contributed by atoms with Crippen LogP contribution in [0.5, 0.6) is 0 Å². The van der Waals surface area contributed by atoms with Crippen LogP contribution in [0.4, 0.5) is 0 Å². The van der Waals surface area contributed by atoms with Crippen LogP contribution < -0.4 is 0 Å². The molecule has 0 aliphatic rings. The van der Waals surface area contributed by atoms with Gasteiger partial charge in [0, 0.05) is 11.8 Å². The molecular weight excluding hydrogens is 252 g/mol. The molecule has 2 rings (SSSR count). The van der Waals surface area contributed by atoms with Crippen molar-refractivity contribution in [1.82, 2.24) is 10.1 Å². The summed E-state index contributed by atoms with van der Waals surface area (Å²) in [6, 6.07) is 8.20. The molecule has 0 aliphatic heterocycles. The van der Waals surface area contributed by atoms with Crippen molar-refractivity contribution in [2.45, 2.75) is 40.5 Å². The lowest BCUT2D eigenvalue weighted by atomic mass is 9.89. The molecule has 1 aromatic carbocycles. The van der Waals surface area contributed by atoms with Crippen LogP contribution in [0.3, 0.4) is 0 Å². The third-order valence-corrected chi connectivity index (χ3v) is 3.14. The highest BCUT2D eigenvalue weighted by molar-refractivity contribution is 5.84. The van der Waals surface area contributed by atoms with Gasteiger partial charge >= 0.3 is 0 Å². The van der Waals surface area contributed by atoms with Gasteiger partial charge in [-0.1, -0.05) is 55.8 Å². The van der Waals surface area contributed by atoms with Crippen LogP contribution in [0.1, 0.15) is 43.6 Å². The van der Waals surface area contributed by atoms with Gasteiger partial charge < -0.3 is 4.52 Å². The van der Waals surface area contributed by atoms with Crippen molar-refractivity contribution in [3.05, 3.63) is 47.1 Å².